The van der Waals surface area contributed by atoms with E-state index in [0.717, 1.165) is 5.56 Å². The topological polar surface area (TPSA) is 69.4 Å². The molecule has 4 nitrogen and oxygen atoms in total. The Morgan fingerprint density at radius 2 is 1.79 bits per heavy atom. The molecule has 74 valence electrons. The summed E-state index contributed by atoms with van der Waals surface area (Å²) >= 11 is 0. The Labute approximate surface area is 81.7 Å². The largest absolute Gasteiger partial charge is 0.392 e. The lowest BCUT2D eigenvalue weighted by Gasteiger charge is -2.00. The maximum absolute atomic E-state index is 11.1. The van der Waals surface area contributed by atoms with E-state index in [4.69, 9.17) is 5.73 Å². The zero-order valence-electron chi connectivity index (χ0n) is 7.60. The molecule has 0 aliphatic carbocycles. The Kier molecular flexibility index (Phi) is 3.82. The lowest BCUT2D eigenvalue weighted by atomic mass is 10.2. The first kappa shape index (κ1) is 10.4. The average Bonchev–Trinajstić information content (AvgIpc) is 2.19. The Hall–Kier alpha value is -1.68. The molecular weight excluding hydrogens is 182 g/mol. The van der Waals surface area contributed by atoms with E-state index in [1.165, 1.54) is 0 Å². The summed E-state index contributed by atoms with van der Waals surface area (Å²) in [5, 5.41) is 0. The van der Waals surface area contributed by atoms with Crippen molar-refractivity contribution >= 4 is 11.9 Å². The van der Waals surface area contributed by atoms with Gasteiger partial charge in [0, 0.05) is 0 Å². The molecule has 1 rings (SSSR count). The minimum atomic E-state index is -0.703. The zero-order chi connectivity index (χ0) is 10.4. The monoisotopic (exact) mass is 193 g/mol. The summed E-state index contributed by atoms with van der Waals surface area (Å²) in [5.74, 6) is -1.28. The molecule has 2 N–H and O–H groups in total. The van der Waals surface area contributed by atoms with Crippen molar-refractivity contribution in [1.29, 1.82) is 0 Å². The number of carbonyl (C=O) groups excluding carboxylic acids is 2. The van der Waals surface area contributed by atoms with Gasteiger partial charge in [0.1, 0.15) is 0 Å². The highest BCUT2D eigenvalue weighted by Gasteiger charge is 2.08. The van der Waals surface area contributed by atoms with Crippen LogP contribution in [0.2, 0.25) is 0 Å². The van der Waals surface area contributed by atoms with Crippen molar-refractivity contribution in [2.75, 3.05) is 6.54 Å². The number of ether oxygens (including phenoxy) is 1. The van der Waals surface area contributed by atoms with Crippen molar-refractivity contribution in [2.45, 2.75) is 6.42 Å². The van der Waals surface area contributed by atoms with E-state index in [1.807, 2.05) is 18.2 Å². The number of hydrogen-bond donors (Lipinski definition) is 1. The summed E-state index contributed by atoms with van der Waals surface area (Å²) in [7, 11) is 0. The molecule has 0 aromatic heterocycles. The number of carbonyl (C=O) groups is 2. The quantitative estimate of drug-likeness (QED) is 0.552. The third kappa shape index (κ3) is 3.37. The van der Waals surface area contributed by atoms with Crippen LogP contribution in [-0.4, -0.2) is 18.5 Å². The van der Waals surface area contributed by atoms with Crippen LogP contribution in [0.1, 0.15) is 5.56 Å². The van der Waals surface area contributed by atoms with Gasteiger partial charge in [0.25, 0.3) is 0 Å². The molecule has 0 aliphatic heterocycles. The van der Waals surface area contributed by atoms with Gasteiger partial charge in [-0.25, -0.2) is 0 Å². The Morgan fingerprint density at radius 3 is 2.36 bits per heavy atom. The van der Waals surface area contributed by atoms with E-state index in [9.17, 15) is 9.59 Å². The molecule has 4 heteroatoms. The smallest absolute Gasteiger partial charge is 0.327 e. The van der Waals surface area contributed by atoms with E-state index >= 15 is 0 Å². The van der Waals surface area contributed by atoms with E-state index in [2.05, 4.69) is 4.74 Å². The van der Waals surface area contributed by atoms with Gasteiger partial charge in [-0.3, -0.25) is 9.59 Å². The molecule has 0 amide bonds. The van der Waals surface area contributed by atoms with Gasteiger partial charge in [0.15, 0.2) is 0 Å². The number of benzene rings is 1. The van der Waals surface area contributed by atoms with Crippen LogP contribution in [0.15, 0.2) is 30.3 Å². The van der Waals surface area contributed by atoms with Gasteiger partial charge in [0.2, 0.25) is 0 Å². The first-order chi connectivity index (χ1) is 6.72. The second kappa shape index (κ2) is 5.14. The molecule has 0 atom stereocenters. The summed E-state index contributed by atoms with van der Waals surface area (Å²) in [6.07, 6.45) is 0.0899. The summed E-state index contributed by atoms with van der Waals surface area (Å²) in [5.41, 5.74) is 5.79. The van der Waals surface area contributed by atoms with Crippen molar-refractivity contribution in [3.8, 4) is 0 Å². The number of esters is 2. The zero-order valence-corrected chi connectivity index (χ0v) is 7.60. The van der Waals surface area contributed by atoms with Gasteiger partial charge < -0.3 is 10.5 Å². The molecule has 1 aromatic carbocycles. The highest BCUT2D eigenvalue weighted by atomic mass is 16.6. The van der Waals surface area contributed by atoms with Crippen molar-refractivity contribution in [1.82, 2.24) is 0 Å². The van der Waals surface area contributed by atoms with E-state index in [1.54, 1.807) is 12.1 Å². The number of rotatable bonds is 3. The lowest BCUT2D eigenvalue weighted by molar-refractivity contribution is -0.158. The van der Waals surface area contributed by atoms with Gasteiger partial charge >= 0.3 is 11.9 Å². The Balaban J connectivity index is 2.46. The fourth-order valence-corrected chi connectivity index (χ4v) is 0.967. The van der Waals surface area contributed by atoms with Crippen LogP contribution in [0.3, 0.4) is 0 Å². The SMILES string of the molecule is NCC(=O)OC(=O)Cc1ccccc1. The van der Waals surface area contributed by atoms with Crippen LogP contribution >= 0.6 is 0 Å². The number of hydrogen-bond acceptors (Lipinski definition) is 4. The molecule has 0 aliphatic rings. The molecule has 14 heavy (non-hydrogen) atoms. The third-order valence-corrected chi connectivity index (χ3v) is 1.59. The molecule has 0 spiro atoms. The third-order valence-electron chi connectivity index (χ3n) is 1.59. The predicted molar refractivity (Wildman–Crippen MR) is 50.3 cm³/mol. The predicted octanol–water partition coefficient (Wildman–Crippen LogP) is 0.258. The summed E-state index contributed by atoms with van der Waals surface area (Å²) < 4.78 is 4.40. The molecule has 0 saturated carbocycles. The van der Waals surface area contributed by atoms with Crippen LogP contribution in [0.25, 0.3) is 0 Å². The maximum Gasteiger partial charge on any atom is 0.327 e. The van der Waals surface area contributed by atoms with Crippen LogP contribution in [0.4, 0.5) is 0 Å². The molecular formula is C10H11NO3. The average molecular weight is 193 g/mol. The summed E-state index contributed by atoms with van der Waals surface area (Å²) in [6, 6.07) is 9.04. The highest BCUT2D eigenvalue weighted by molar-refractivity contribution is 5.87. The van der Waals surface area contributed by atoms with E-state index in [0.29, 0.717) is 0 Å². The van der Waals surface area contributed by atoms with Gasteiger partial charge in [-0.2, -0.15) is 0 Å². The van der Waals surface area contributed by atoms with Crippen molar-refractivity contribution in [2.24, 2.45) is 5.73 Å². The normalized spacial score (nSPS) is 9.50. The van der Waals surface area contributed by atoms with Gasteiger partial charge in [-0.05, 0) is 5.56 Å². The van der Waals surface area contributed by atoms with Crippen LogP contribution in [0, 0.1) is 0 Å². The standard InChI is InChI=1S/C10H11NO3/c11-7-10(13)14-9(12)6-8-4-2-1-3-5-8/h1-5H,6-7,11H2. The van der Waals surface area contributed by atoms with Crippen LogP contribution in [-0.2, 0) is 20.7 Å². The highest BCUT2D eigenvalue weighted by Crippen LogP contribution is 2.00. The van der Waals surface area contributed by atoms with Crippen molar-refractivity contribution in [3.05, 3.63) is 35.9 Å². The Morgan fingerprint density at radius 1 is 1.14 bits per heavy atom. The summed E-state index contributed by atoms with van der Waals surface area (Å²) in [4.78, 5) is 21.7. The van der Waals surface area contributed by atoms with E-state index < -0.39 is 11.9 Å². The molecule has 0 bridgehead atoms. The minimum absolute atomic E-state index is 0.0899. The minimum Gasteiger partial charge on any atom is -0.392 e. The molecule has 0 unspecified atom stereocenters. The van der Waals surface area contributed by atoms with Crippen molar-refractivity contribution < 1.29 is 14.3 Å². The first-order valence-electron chi connectivity index (χ1n) is 4.20. The fraction of sp³-hybridized carbons (Fsp3) is 0.200. The fourth-order valence-electron chi connectivity index (χ4n) is 0.967. The second-order valence-electron chi connectivity index (χ2n) is 2.71. The lowest BCUT2D eigenvalue weighted by Crippen LogP contribution is -2.21. The van der Waals surface area contributed by atoms with Gasteiger partial charge in [-0.15, -0.1) is 0 Å². The maximum atomic E-state index is 11.1. The molecule has 0 radical (unpaired) electrons. The Bertz CT molecular complexity index is 321. The number of nitrogens with two attached hydrogens (primary N) is 1. The molecule has 0 fully saturated rings. The molecule has 0 saturated heterocycles. The van der Waals surface area contributed by atoms with Gasteiger partial charge in [-0.1, -0.05) is 30.3 Å². The van der Waals surface area contributed by atoms with Crippen LogP contribution < -0.4 is 5.73 Å². The van der Waals surface area contributed by atoms with E-state index in [-0.39, 0.29) is 13.0 Å². The van der Waals surface area contributed by atoms with Gasteiger partial charge in [0.05, 0.1) is 13.0 Å². The van der Waals surface area contributed by atoms with Crippen LogP contribution in [0.5, 0.6) is 0 Å². The molecule has 0 heterocycles. The molecule has 1 aromatic rings. The van der Waals surface area contributed by atoms with Crippen molar-refractivity contribution in [3.63, 3.8) is 0 Å². The first-order valence-corrected chi connectivity index (χ1v) is 4.20. The second-order valence-corrected chi connectivity index (χ2v) is 2.71. The summed E-state index contributed by atoms with van der Waals surface area (Å²) in [6.45, 7) is -0.277.